The summed E-state index contributed by atoms with van der Waals surface area (Å²) in [5.74, 6) is -0.317. The molecule has 1 aromatic rings. The molecule has 5 nitrogen and oxygen atoms in total. The number of ketones is 2. The van der Waals surface area contributed by atoms with E-state index in [0.717, 1.165) is 19.3 Å². The van der Waals surface area contributed by atoms with Gasteiger partial charge in [-0.2, -0.15) is 0 Å². The molecule has 0 spiro atoms. The number of nitrogens with one attached hydrogen (secondary N) is 1. The first-order chi connectivity index (χ1) is 11.5. The van der Waals surface area contributed by atoms with Crippen LogP contribution in [0.1, 0.15) is 86.0 Å². The summed E-state index contributed by atoms with van der Waals surface area (Å²) in [6, 6.07) is 0. The van der Waals surface area contributed by atoms with Crippen LogP contribution in [0.5, 0.6) is 5.75 Å². The highest BCUT2D eigenvalue weighted by Crippen LogP contribution is 2.32. The molecule has 1 aromatic heterocycles. The highest BCUT2D eigenvalue weighted by atomic mass is 16.5. The lowest BCUT2D eigenvalue weighted by Crippen LogP contribution is -2.31. The van der Waals surface area contributed by atoms with Crippen LogP contribution < -0.4 is 10.2 Å². The Balaban J connectivity index is 2.23. The largest absolute Gasteiger partial charge is 0.491 e. The molecule has 0 unspecified atom stereocenters. The number of H-pyrrole nitrogens is 1. The molecule has 1 atom stereocenters. The standard InChI is InChI=1S/C19H27NO4/c1-4-5-6-7-8-9-14(21)13-10-11-15(22)17-16(13)18(23)19(24-3)12(2)20-17/h13H,4-11H2,1-3H3,(H,20,23)/t13-/m0/s1. The minimum Gasteiger partial charge on any atom is -0.491 e. The van der Waals surface area contributed by atoms with Crippen molar-refractivity contribution in [2.24, 2.45) is 0 Å². The lowest BCUT2D eigenvalue weighted by Gasteiger charge is -2.24. The number of pyridine rings is 1. The van der Waals surface area contributed by atoms with Crippen molar-refractivity contribution >= 4 is 11.6 Å². The van der Waals surface area contributed by atoms with Crippen LogP contribution in [0.2, 0.25) is 0 Å². The number of hydrogen-bond donors (Lipinski definition) is 1. The molecule has 0 aromatic carbocycles. The highest BCUT2D eigenvalue weighted by Gasteiger charge is 2.34. The lowest BCUT2D eigenvalue weighted by molar-refractivity contribution is -0.120. The van der Waals surface area contributed by atoms with Gasteiger partial charge in [0, 0.05) is 24.3 Å². The molecule has 0 amide bonds. The number of fused-ring (bicyclic) bond motifs is 1. The molecule has 1 N–H and O–H groups in total. The monoisotopic (exact) mass is 333 g/mol. The smallest absolute Gasteiger partial charge is 0.228 e. The fourth-order valence-electron chi connectivity index (χ4n) is 3.46. The van der Waals surface area contributed by atoms with Gasteiger partial charge in [0.1, 0.15) is 5.78 Å². The summed E-state index contributed by atoms with van der Waals surface area (Å²) in [6.45, 7) is 3.86. The Morgan fingerprint density at radius 1 is 1.21 bits per heavy atom. The van der Waals surface area contributed by atoms with Crippen LogP contribution in [0.15, 0.2) is 4.79 Å². The number of hydrogen-bond acceptors (Lipinski definition) is 4. The Morgan fingerprint density at radius 2 is 1.92 bits per heavy atom. The minimum atomic E-state index is -0.484. The third-order valence-electron chi connectivity index (χ3n) is 4.78. The van der Waals surface area contributed by atoms with E-state index in [1.807, 2.05) is 0 Å². The average Bonchev–Trinajstić information content (AvgIpc) is 2.56. The van der Waals surface area contributed by atoms with Gasteiger partial charge in [-0.05, 0) is 19.8 Å². The number of carbonyl (C=O) groups excluding carboxylic acids is 2. The number of aryl methyl sites for hydroxylation is 1. The van der Waals surface area contributed by atoms with Crippen LogP contribution in [-0.2, 0) is 4.79 Å². The molecule has 0 aliphatic heterocycles. The van der Waals surface area contributed by atoms with Gasteiger partial charge in [-0.25, -0.2) is 0 Å². The van der Waals surface area contributed by atoms with Crippen LogP contribution in [0, 0.1) is 6.92 Å². The summed E-state index contributed by atoms with van der Waals surface area (Å²) in [5.41, 5.74) is 0.824. The number of rotatable bonds is 8. The summed E-state index contributed by atoms with van der Waals surface area (Å²) in [6.07, 6.45) is 6.57. The second-order valence-electron chi connectivity index (χ2n) is 6.55. The van der Waals surface area contributed by atoms with Gasteiger partial charge in [0.25, 0.3) is 0 Å². The number of aromatic amines is 1. The Labute approximate surface area is 142 Å². The summed E-state index contributed by atoms with van der Waals surface area (Å²) in [5, 5.41) is 0. The minimum absolute atomic E-state index is 0.0663. The van der Waals surface area contributed by atoms with Gasteiger partial charge >= 0.3 is 0 Å². The van der Waals surface area contributed by atoms with Gasteiger partial charge in [-0.3, -0.25) is 14.4 Å². The van der Waals surface area contributed by atoms with Crippen molar-refractivity contribution in [2.75, 3.05) is 7.11 Å². The number of methoxy groups -OCH3 is 1. The topological polar surface area (TPSA) is 76.2 Å². The van der Waals surface area contributed by atoms with Crippen molar-refractivity contribution < 1.29 is 14.3 Å². The van der Waals surface area contributed by atoms with E-state index in [-0.39, 0.29) is 22.7 Å². The van der Waals surface area contributed by atoms with Crippen LogP contribution >= 0.6 is 0 Å². The molecular weight excluding hydrogens is 306 g/mol. The number of ether oxygens (including phenoxy) is 1. The van der Waals surface area contributed by atoms with E-state index in [4.69, 9.17) is 4.74 Å². The third kappa shape index (κ3) is 3.77. The van der Waals surface area contributed by atoms with E-state index in [1.54, 1.807) is 6.92 Å². The zero-order valence-corrected chi connectivity index (χ0v) is 14.9. The predicted molar refractivity (Wildman–Crippen MR) is 93.0 cm³/mol. The van der Waals surface area contributed by atoms with E-state index in [2.05, 4.69) is 11.9 Å². The van der Waals surface area contributed by atoms with Crippen LogP contribution in [0.25, 0.3) is 0 Å². The molecule has 0 saturated carbocycles. The third-order valence-corrected chi connectivity index (χ3v) is 4.78. The maximum absolute atomic E-state index is 12.7. The molecule has 1 heterocycles. The second-order valence-corrected chi connectivity index (χ2v) is 6.55. The van der Waals surface area contributed by atoms with Crippen molar-refractivity contribution in [1.82, 2.24) is 4.98 Å². The fourth-order valence-corrected chi connectivity index (χ4v) is 3.46. The van der Waals surface area contributed by atoms with E-state index in [1.165, 1.54) is 20.0 Å². The second kappa shape index (κ2) is 8.27. The van der Waals surface area contributed by atoms with Gasteiger partial charge in [0.2, 0.25) is 5.43 Å². The van der Waals surface area contributed by atoms with Crippen molar-refractivity contribution in [2.45, 2.75) is 71.1 Å². The molecular formula is C19H27NO4. The molecule has 0 saturated heterocycles. The maximum atomic E-state index is 12.7. The Kier molecular flexibility index (Phi) is 6.35. The first-order valence-corrected chi connectivity index (χ1v) is 8.87. The van der Waals surface area contributed by atoms with Gasteiger partial charge in [0.05, 0.1) is 18.5 Å². The van der Waals surface area contributed by atoms with Crippen LogP contribution in [0.4, 0.5) is 0 Å². The number of aromatic nitrogens is 1. The van der Waals surface area contributed by atoms with Gasteiger partial charge in [0.15, 0.2) is 11.5 Å². The first kappa shape index (κ1) is 18.4. The maximum Gasteiger partial charge on any atom is 0.228 e. The van der Waals surface area contributed by atoms with Crippen molar-refractivity contribution in [3.63, 3.8) is 0 Å². The van der Waals surface area contributed by atoms with Gasteiger partial charge in [-0.15, -0.1) is 0 Å². The van der Waals surface area contributed by atoms with Crippen LogP contribution in [-0.4, -0.2) is 23.7 Å². The molecule has 0 radical (unpaired) electrons. The molecule has 1 aliphatic carbocycles. The van der Waals surface area contributed by atoms with Crippen LogP contribution in [0.3, 0.4) is 0 Å². The fraction of sp³-hybridized carbons (Fsp3) is 0.632. The first-order valence-electron chi connectivity index (χ1n) is 8.87. The quantitative estimate of drug-likeness (QED) is 0.736. The highest BCUT2D eigenvalue weighted by molar-refractivity contribution is 6.00. The zero-order chi connectivity index (χ0) is 17.7. The Morgan fingerprint density at radius 3 is 2.58 bits per heavy atom. The normalized spacial score (nSPS) is 16.8. The molecule has 132 valence electrons. The predicted octanol–water partition coefficient (Wildman–Crippen LogP) is 3.68. The Bertz CT molecular complexity index is 675. The average molecular weight is 333 g/mol. The molecule has 1 aliphatic rings. The number of Topliss-reactive ketones (excluding diaryl/α,β-unsaturated/α-hetero) is 2. The van der Waals surface area contributed by atoms with Crippen molar-refractivity contribution in [1.29, 1.82) is 0 Å². The summed E-state index contributed by atoms with van der Waals surface area (Å²) < 4.78 is 5.16. The molecule has 0 fully saturated rings. The molecule has 2 rings (SSSR count). The molecule has 0 bridgehead atoms. The van der Waals surface area contributed by atoms with Crippen molar-refractivity contribution in [3.8, 4) is 5.75 Å². The molecule has 24 heavy (non-hydrogen) atoms. The van der Waals surface area contributed by atoms with E-state index < -0.39 is 5.92 Å². The zero-order valence-electron chi connectivity index (χ0n) is 14.9. The lowest BCUT2D eigenvalue weighted by atomic mass is 9.80. The molecule has 5 heteroatoms. The Hall–Kier alpha value is -1.91. The van der Waals surface area contributed by atoms with E-state index in [0.29, 0.717) is 36.2 Å². The summed E-state index contributed by atoms with van der Waals surface area (Å²) in [4.78, 5) is 40.5. The number of carbonyl (C=O) groups is 2. The summed E-state index contributed by atoms with van der Waals surface area (Å²) in [7, 11) is 1.43. The number of unbranched alkanes of at least 4 members (excludes halogenated alkanes) is 4. The van der Waals surface area contributed by atoms with Gasteiger partial charge in [-0.1, -0.05) is 32.6 Å². The van der Waals surface area contributed by atoms with Gasteiger partial charge < -0.3 is 9.72 Å². The van der Waals surface area contributed by atoms with E-state index >= 15 is 0 Å². The SMILES string of the molecule is CCCCCCCC(=O)[C@@H]1CCC(=O)c2[nH]c(C)c(OC)c(=O)c21. The summed E-state index contributed by atoms with van der Waals surface area (Å²) >= 11 is 0. The van der Waals surface area contributed by atoms with E-state index in [9.17, 15) is 14.4 Å². The van der Waals surface area contributed by atoms with Crippen molar-refractivity contribution in [3.05, 3.63) is 27.2 Å².